The average Bonchev–Trinajstić information content (AvgIpc) is 2.26. The average molecular weight is 258 g/mol. The van der Waals surface area contributed by atoms with E-state index in [0.29, 0.717) is 5.92 Å². The van der Waals surface area contributed by atoms with Crippen molar-refractivity contribution in [2.75, 3.05) is 0 Å². The number of benzene rings is 1. The zero-order chi connectivity index (χ0) is 13.7. The van der Waals surface area contributed by atoms with E-state index < -0.39 is 5.60 Å². The number of hydrogen-bond acceptors (Lipinski definition) is 1. The summed E-state index contributed by atoms with van der Waals surface area (Å²) < 4.78 is 0. The Balaban J connectivity index is 2.05. The second-order valence-corrected chi connectivity index (χ2v) is 7.48. The van der Waals surface area contributed by atoms with Gasteiger partial charge in [-0.2, -0.15) is 0 Å². The smallest absolute Gasteiger partial charge is 0.0686 e. The molecule has 3 unspecified atom stereocenters. The van der Waals surface area contributed by atoms with E-state index in [1.165, 1.54) is 24.8 Å². The summed E-state index contributed by atoms with van der Waals surface area (Å²) in [7, 11) is 0. The normalized spacial score (nSPS) is 40.9. The standard InChI is InChI=1S/C18H26O/c1-16(2)11-7-12-17(3,19)18(16)13-10-15(18)14-8-5-4-6-9-14/h4-6,8-9,15,19H,7,10-13H2,1-3H3. The summed E-state index contributed by atoms with van der Waals surface area (Å²) in [6, 6.07) is 10.8. The predicted molar refractivity (Wildman–Crippen MR) is 79.1 cm³/mol. The van der Waals surface area contributed by atoms with E-state index in [1.807, 2.05) is 0 Å². The highest BCUT2D eigenvalue weighted by Gasteiger charge is 2.66. The molecule has 104 valence electrons. The van der Waals surface area contributed by atoms with Gasteiger partial charge in [-0.1, -0.05) is 50.6 Å². The topological polar surface area (TPSA) is 20.2 Å². The zero-order valence-electron chi connectivity index (χ0n) is 12.4. The Bertz CT molecular complexity index is 442. The summed E-state index contributed by atoms with van der Waals surface area (Å²) in [5.41, 5.74) is 1.20. The van der Waals surface area contributed by atoms with Crippen molar-refractivity contribution in [1.82, 2.24) is 0 Å². The largest absolute Gasteiger partial charge is 0.390 e. The monoisotopic (exact) mass is 258 g/mol. The van der Waals surface area contributed by atoms with Crippen LogP contribution in [0.4, 0.5) is 0 Å². The van der Waals surface area contributed by atoms with Crippen molar-refractivity contribution >= 4 is 0 Å². The van der Waals surface area contributed by atoms with Crippen LogP contribution in [0.2, 0.25) is 0 Å². The molecule has 1 aromatic carbocycles. The second-order valence-electron chi connectivity index (χ2n) is 7.48. The highest BCUT2D eigenvalue weighted by atomic mass is 16.3. The van der Waals surface area contributed by atoms with Crippen molar-refractivity contribution in [3.05, 3.63) is 35.9 Å². The quantitative estimate of drug-likeness (QED) is 0.785. The van der Waals surface area contributed by atoms with Gasteiger partial charge < -0.3 is 5.11 Å². The summed E-state index contributed by atoms with van der Waals surface area (Å²) >= 11 is 0. The third-order valence-electron chi connectivity index (χ3n) is 6.26. The van der Waals surface area contributed by atoms with Gasteiger partial charge in [0.05, 0.1) is 5.60 Å². The summed E-state index contributed by atoms with van der Waals surface area (Å²) in [5, 5.41) is 11.1. The first-order valence-electron chi connectivity index (χ1n) is 7.68. The molecule has 19 heavy (non-hydrogen) atoms. The molecule has 1 aromatic rings. The van der Waals surface area contributed by atoms with Gasteiger partial charge >= 0.3 is 0 Å². The van der Waals surface area contributed by atoms with Crippen LogP contribution in [-0.4, -0.2) is 10.7 Å². The molecule has 0 aliphatic heterocycles. The molecule has 0 saturated heterocycles. The number of aliphatic hydroxyl groups is 1. The fourth-order valence-electron chi connectivity index (χ4n) is 5.22. The maximum absolute atomic E-state index is 11.1. The van der Waals surface area contributed by atoms with Crippen LogP contribution in [-0.2, 0) is 0 Å². The Morgan fingerprint density at radius 3 is 2.21 bits per heavy atom. The van der Waals surface area contributed by atoms with Crippen molar-refractivity contribution in [3.8, 4) is 0 Å². The lowest BCUT2D eigenvalue weighted by molar-refractivity contribution is -0.220. The fourth-order valence-corrected chi connectivity index (χ4v) is 5.22. The molecule has 1 spiro atoms. The van der Waals surface area contributed by atoms with E-state index in [1.54, 1.807) is 0 Å². The highest BCUT2D eigenvalue weighted by Crippen LogP contribution is 2.71. The summed E-state index contributed by atoms with van der Waals surface area (Å²) in [4.78, 5) is 0. The van der Waals surface area contributed by atoms with Gasteiger partial charge in [0.2, 0.25) is 0 Å². The molecule has 3 atom stereocenters. The van der Waals surface area contributed by atoms with E-state index in [2.05, 4.69) is 51.1 Å². The van der Waals surface area contributed by atoms with Crippen LogP contribution in [0.3, 0.4) is 0 Å². The van der Waals surface area contributed by atoms with E-state index in [9.17, 15) is 5.11 Å². The first-order valence-corrected chi connectivity index (χ1v) is 7.68. The minimum atomic E-state index is -0.520. The van der Waals surface area contributed by atoms with Crippen LogP contribution in [0.25, 0.3) is 0 Å². The van der Waals surface area contributed by atoms with Gasteiger partial charge in [0.25, 0.3) is 0 Å². The molecule has 1 heteroatoms. The Labute approximate surface area is 117 Å². The Kier molecular flexibility index (Phi) is 2.83. The van der Waals surface area contributed by atoms with Crippen molar-refractivity contribution in [3.63, 3.8) is 0 Å². The molecule has 2 aliphatic rings. The molecule has 1 N–H and O–H groups in total. The molecule has 2 aliphatic carbocycles. The number of rotatable bonds is 1. The maximum Gasteiger partial charge on any atom is 0.0686 e. The molecule has 0 amide bonds. The van der Waals surface area contributed by atoms with Gasteiger partial charge in [0, 0.05) is 5.41 Å². The summed E-state index contributed by atoms with van der Waals surface area (Å²) in [5.74, 6) is 0.527. The number of hydrogen-bond donors (Lipinski definition) is 1. The third-order valence-corrected chi connectivity index (χ3v) is 6.26. The molecular weight excluding hydrogens is 232 g/mol. The van der Waals surface area contributed by atoms with Gasteiger partial charge in [-0.25, -0.2) is 0 Å². The lowest BCUT2D eigenvalue weighted by Gasteiger charge is -2.67. The van der Waals surface area contributed by atoms with Crippen molar-refractivity contribution in [2.45, 2.75) is 64.4 Å². The Morgan fingerprint density at radius 2 is 1.68 bits per heavy atom. The Morgan fingerprint density at radius 1 is 1.00 bits per heavy atom. The van der Waals surface area contributed by atoms with Gasteiger partial charge in [-0.05, 0) is 49.5 Å². The summed E-state index contributed by atoms with van der Waals surface area (Å²) in [6.07, 6.45) is 5.76. The van der Waals surface area contributed by atoms with Crippen molar-refractivity contribution in [2.24, 2.45) is 10.8 Å². The van der Waals surface area contributed by atoms with Crippen molar-refractivity contribution in [1.29, 1.82) is 0 Å². The fraction of sp³-hybridized carbons (Fsp3) is 0.667. The highest BCUT2D eigenvalue weighted by molar-refractivity contribution is 5.31. The van der Waals surface area contributed by atoms with Crippen LogP contribution in [0.1, 0.15) is 64.4 Å². The molecule has 0 radical (unpaired) electrons. The maximum atomic E-state index is 11.1. The predicted octanol–water partition coefficient (Wildman–Crippen LogP) is 4.51. The lowest BCUT2D eigenvalue weighted by Crippen LogP contribution is -2.64. The van der Waals surface area contributed by atoms with E-state index in [0.717, 1.165) is 12.8 Å². The summed E-state index contributed by atoms with van der Waals surface area (Å²) in [6.45, 7) is 6.83. The molecule has 2 saturated carbocycles. The Hall–Kier alpha value is -0.820. The molecule has 2 fully saturated rings. The molecule has 3 rings (SSSR count). The zero-order valence-corrected chi connectivity index (χ0v) is 12.4. The van der Waals surface area contributed by atoms with Gasteiger partial charge in [-0.15, -0.1) is 0 Å². The van der Waals surface area contributed by atoms with E-state index in [4.69, 9.17) is 0 Å². The van der Waals surface area contributed by atoms with Crippen LogP contribution in [0.5, 0.6) is 0 Å². The van der Waals surface area contributed by atoms with Crippen LogP contribution in [0.15, 0.2) is 30.3 Å². The molecule has 1 nitrogen and oxygen atoms in total. The SMILES string of the molecule is CC1(C)CCCC(C)(O)C12CCC2c1ccccc1. The van der Waals surface area contributed by atoms with Gasteiger partial charge in [0.15, 0.2) is 0 Å². The van der Waals surface area contributed by atoms with Crippen LogP contribution >= 0.6 is 0 Å². The second kappa shape index (κ2) is 4.09. The molecule has 0 heterocycles. The first-order chi connectivity index (χ1) is 8.91. The van der Waals surface area contributed by atoms with Gasteiger partial charge in [-0.3, -0.25) is 0 Å². The molecule has 0 bridgehead atoms. The van der Waals surface area contributed by atoms with Crippen LogP contribution < -0.4 is 0 Å². The van der Waals surface area contributed by atoms with E-state index >= 15 is 0 Å². The minimum absolute atomic E-state index is 0.0691. The minimum Gasteiger partial charge on any atom is -0.390 e. The van der Waals surface area contributed by atoms with Gasteiger partial charge in [0.1, 0.15) is 0 Å². The third kappa shape index (κ3) is 1.64. The van der Waals surface area contributed by atoms with Crippen molar-refractivity contribution < 1.29 is 5.11 Å². The lowest BCUT2D eigenvalue weighted by atomic mass is 9.38. The van der Waals surface area contributed by atoms with Crippen LogP contribution in [0, 0.1) is 10.8 Å². The van der Waals surface area contributed by atoms with E-state index in [-0.39, 0.29) is 10.8 Å². The molecular formula is C18H26O. The first kappa shape index (κ1) is 13.2. The molecule has 0 aromatic heterocycles.